The molecule has 0 aliphatic carbocycles. The van der Waals surface area contributed by atoms with Gasteiger partial charge in [0, 0.05) is 32.9 Å². The number of aromatic nitrogens is 2. The topological polar surface area (TPSA) is 9.86 Å². The fourth-order valence-electron chi connectivity index (χ4n) is 6.82. The first-order valence-corrected chi connectivity index (χ1v) is 16.6. The Bertz CT molecular complexity index is 2060. The maximum absolute atomic E-state index is 2.40. The summed E-state index contributed by atoms with van der Waals surface area (Å²) in [5, 5.41) is 5.26. The molecule has 2 nitrogen and oxygen atoms in total. The molecule has 0 atom stereocenters. The third kappa shape index (κ3) is 5.28. The number of benzene rings is 6. The third-order valence-electron chi connectivity index (χ3n) is 8.95. The predicted octanol–water partition coefficient (Wildman–Crippen LogP) is 12.1. The average molecular weight is 599 g/mol. The Morgan fingerprint density at radius 2 is 0.630 bits per heavy atom. The van der Waals surface area contributed by atoms with E-state index < -0.39 is 0 Å². The molecule has 0 bridgehead atoms. The van der Waals surface area contributed by atoms with Crippen molar-refractivity contribution in [2.24, 2.45) is 0 Å². The molecule has 0 amide bonds. The zero-order valence-electron chi connectivity index (χ0n) is 27.9. The Kier molecular flexibility index (Phi) is 7.74. The first-order chi connectivity index (χ1) is 22.3. The molecule has 0 saturated carbocycles. The first kappa shape index (κ1) is 29.6. The molecule has 2 heterocycles. The number of nitrogens with zero attached hydrogens (tertiary/aromatic N) is 2. The van der Waals surface area contributed by atoms with E-state index in [9.17, 15) is 0 Å². The molecule has 0 N–H and O–H groups in total. The summed E-state index contributed by atoms with van der Waals surface area (Å²) in [6.07, 6.45) is 2.15. The summed E-state index contributed by atoms with van der Waals surface area (Å²) >= 11 is 0. The van der Waals surface area contributed by atoms with Crippen molar-refractivity contribution in [2.45, 2.75) is 54.4 Å². The zero-order chi connectivity index (χ0) is 31.9. The van der Waals surface area contributed by atoms with Crippen LogP contribution in [-0.2, 0) is 6.42 Å². The summed E-state index contributed by atoms with van der Waals surface area (Å²) in [5.74, 6) is 0. The fraction of sp³-hybridized carbons (Fsp3) is 0.182. The van der Waals surface area contributed by atoms with Crippen LogP contribution in [0.4, 0.5) is 0 Å². The molecule has 0 aliphatic rings. The second-order valence-corrected chi connectivity index (χ2v) is 13.0. The van der Waals surface area contributed by atoms with E-state index in [1.54, 1.807) is 0 Å². The van der Waals surface area contributed by atoms with Crippen LogP contribution in [0.5, 0.6) is 0 Å². The third-order valence-corrected chi connectivity index (χ3v) is 8.95. The highest BCUT2D eigenvalue weighted by molar-refractivity contribution is 6.10. The van der Waals surface area contributed by atoms with Gasteiger partial charge in [0.05, 0.1) is 22.1 Å². The van der Waals surface area contributed by atoms with Crippen LogP contribution in [0.1, 0.15) is 53.6 Å². The number of aryl methyl sites for hydroxylation is 4. The van der Waals surface area contributed by atoms with Crippen molar-refractivity contribution in [3.63, 3.8) is 0 Å². The van der Waals surface area contributed by atoms with E-state index in [2.05, 4.69) is 172 Å². The van der Waals surface area contributed by atoms with Crippen molar-refractivity contribution in [1.82, 2.24) is 9.13 Å². The van der Waals surface area contributed by atoms with Crippen molar-refractivity contribution in [3.05, 3.63) is 155 Å². The van der Waals surface area contributed by atoms with Crippen LogP contribution in [-0.4, -0.2) is 9.13 Å². The van der Waals surface area contributed by atoms with E-state index in [1.807, 2.05) is 0 Å². The lowest BCUT2D eigenvalue weighted by Crippen LogP contribution is -1.96. The van der Waals surface area contributed by atoms with Gasteiger partial charge in [-0.15, -0.1) is 0 Å². The van der Waals surface area contributed by atoms with E-state index in [0.29, 0.717) is 0 Å². The van der Waals surface area contributed by atoms with E-state index in [1.165, 1.54) is 94.8 Å². The Labute approximate surface area is 272 Å². The van der Waals surface area contributed by atoms with E-state index in [-0.39, 0.29) is 0 Å². The van der Waals surface area contributed by atoms with Gasteiger partial charge >= 0.3 is 0 Å². The summed E-state index contributed by atoms with van der Waals surface area (Å²) in [6.45, 7) is 12.9. The van der Waals surface area contributed by atoms with Crippen molar-refractivity contribution in [2.75, 3.05) is 0 Å². The molecule has 2 aromatic heterocycles. The van der Waals surface area contributed by atoms with E-state index in [4.69, 9.17) is 0 Å². The maximum Gasteiger partial charge on any atom is 0.0541 e. The SMILES string of the molecule is CCC.Cc1ccc2c(c1)c1cc(C)ccc1n2-c1ccc(Cc2ccc(-n3c4ccc(C)cc4c4cc(C)ccc43)cc2)cc1. The Morgan fingerprint density at radius 3 is 0.891 bits per heavy atom. The lowest BCUT2D eigenvalue weighted by molar-refractivity contribution is 1.09. The molecule has 0 saturated heterocycles. The van der Waals surface area contributed by atoms with Crippen molar-refractivity contribution >= 4 is 43.6 Å². The predicted molar refractivity (Wildman–Crippen MR) is 199 cm³/mol. The quantitative estimate of drug-likeness (QED) is 0.191. The minimum atomic E-state index is 0.900. The molecule has 0 fully saturated rings. The normalized spacial score (nSPS) is 11.4. The summed E-state index contributed by atoms with van der Waals surface area (Å²) in [5.41, 5.74) is 15.2. The molecule has 8 rings (SSSR count). The molecular weight excluding hydrogens is 556 g/mol. The van der Waals surface area contributed by atoms with Gasteiger partial charge in [-0.25, -0.2) is 0 Å². The Hall–Kier alpha value is -5.08. The highest BCUT2D eigenvalue weighted by atomic mass is 15.0. The van der Waals surface area contributed by atoms with Gasteiger partial charge in [-0.1, -0.05) is 91.1 Å². The van der Waals surface area contributed by atoms with Crippen molar-refractivity contribution in [3.8, 4) is 11.4 Å². The second-order valence-electron chi connectivity index (χ2n) is 13.0. The van der Waals surface area contributed by atoms with Gasteiger partial charge in [-0.2, -0.15) is 0 Å². The molecule has 2 heteroatoms. The minimum absolute atomic E-state index is 0.900. The lowest BCUT2D eigenvalue weighted by Gasteiger charge is -2.11. The van der Waals surface area contributed by atoms with Crippen molar-refractivity contribution in [1.29, 1.82) is 0 Å². The Morgan fingerprint density at radius 1 is 0.370 bits per heavy atom. The van der Waals surface area contributed by atoms with Crippen LogP contribution in [0.2, 0.25) is 0 Å². The highest BCUT2D eigenvalue weighted by Gasteiger charge is 2.14. The first-order valence-electron chi connectivity index (χ1n) is 16.6. The lowest BCUT2D eigenvalue weighted by atomic mass is 10.0. The number of hydrogen-bond donors (Lipinski definition) is 0. The van der Waals surface area contributed by atoms with Gasteiger partial charge in [-0.3, -0.25) is 0 Å². The van der Waals surface area contributed by atoms with Gasteiger partial charge < -0.3 is 9.13 Å². The van der Waals surface area contributed by atoms with Crippen LogP contribution in [0.15, 0.2) is 121 Å². The van der Waals surface area contributed by atoms with Crippen LogP contribution < -0.4 is 0 Å². The maximum atomic E-state index is 2.40. The smallest absolute Gasteiger partial charge is 0.0541 e. The average Bonchev–Trinajstić information content (AvgIpc) is 3.53. The van der Waals surface area contributed by atoms with Crippen molar-refractivity contribution < 1.29 is 0 Å². The van der Waals surface area contributed by atoms with Crippen LogP contribution in [0.3, 0.4) is 0 Å². The van der Waals surface area contributed by atoms with Gasteiger partial charge in [0.1, 0.15) is 0 Å². The molecule has 0 unspecified atom stereocenters. The zero-order valence-corrected chi connectivity index (χ0v) is 27.9. The number of hydrogen-bond acceptors (Lipinski definition) is 0. The highest BCUT2D eigenvalue weighted by Crippen LogP contribution is 2.35. The molecular formula is C44H42N2. The monoisotopic (exact) mass is 598 g/mol. The van der Waals surface area contributed by atoms with E-state index in [0.717, 1.165) is 6.42 Å². The number of fused-ring (bicyclic) bond motifs is 6. The van der Waals surface area contributed by atoms with E-state index >= 15 is 0 Å². The summed E-state index contributed by atoms with van der Waals surface area (Å²) in [6, 6.07) is 45.3. The Balaban J connectivity index is 0.00000109. The molecule has 0 radical (unpaired) electrons. The van der Waals surface area contributed by atoms with Gasteiger partial charge in [0.25, 0.3) is 0 Å². The summed E-state index contributed by atoms with van der Waals surface area (Å²) in [7, 11) is 0. The molecule has 8 aromatic rings. The molecule has 0 spiro atoms. The van der Waals surface area contributed by atoms with Gasteiger partial charge in [0.2, 0.25) is 0 Å². The largest absolute Gasteiger partial charge is 0.309 e. The van der Waals surface area contributed by atoms with Gasteiger partial charge in [0.15, 0.2) is 0 Å². The molecule has 228 valence electrons. The second kappa shape index (κ2) is 12.0. The fourth-order valence-corrected chi connectivity index (χ4v) is 6.82. The molecule has 46 heavy (non-hydrogen) atoms. The number of rotatable bonds is 4. The molecule has 6 aromatic carbocycles. The van der Waals surface area contributed by atoms with Crippen LogP contribution >= 0.6 is 0 Å². The van der Waals surface area contributed by atoms with Crippen LogP contribution in [0.25, 0.3) is 55.0 Å². The standard InChI is InChI=1S/C41H34N2.C3H8/c1-26-5-17-38-34(21-26)35-22-27(2)6-18-39(35)42(38)32-13-9-30(10-14-32)25-31-11-15-33(16-12-31)43-40-19-7-28(3)23-36(40)37-24-29(4)8-20-41(37)43;1-3-2/h5-24H,25H2,1-4H3;3H2,1-2H3. The minimum Gasteiger partial charge on any atom is -0.309 e. The van der Waals surface area contributed by atoms with Crippen LogP contribution in [0, 0.1) is 27.7 Å². The molecule has 0 aliphatic heterocycles. The summed E-state index contributed by atoms with van der Waals surface area (Å²) in [4.78, 5) is 0. The van der Waals surface area contributed by atoms with Gasteiger partial charge in [-0.05, 0) is 118 Å². The summed E-state index contributed by atoms with van der Waals surface area (Å²) < 4.78 is 4.80.